The van der Waals surface area contributed by atoms with Crippen molar-refractivity contribution in [3.05, 3.63) is 41.3 Å². The average molecular weight is 442 g/mol. The summed E-state index contributed by atoms with van der Waals surface area (Å²) in [6.45, 7) is 4.68. The Balaban J connectivity index is 1.55. The summed E-state index contributed by atoms with van der Waals surface area (Å²) >= 11 is 1.30. The molecule has 162 valence electrons. The van der Waals surface area contributed by atoms with Gasteiger partial charge in [0.05, 0.1) is 13.7 Å². The minimum absolute atomic E-state index is 0.167. The monoisotopic (exact) mass is 442 g/mol. The Kier molecular flexibility index (Phi) is 5.85. The summed E-state index contributed by atoms with van der Waals surface area (Å²) in [5, 5.41) is 6.32. The van der Waals surface area contributed by atoms with E-state index in [9.17, 15) is 9.59 Å². The molecule has 3 aromatic rings. The first-order valence-corrected chi connectivity index (χ1v) is 10.5. The quantitative estimate of drug-likeness (QED) is 0.516. The SMILES string of the molecule is COC(=O)c1sc2ccc(NC(=O)Nc3ccc4c(c3)OCO4)cc2c1OCC(C)C. The van der Waals surface area contributed by atoms with Gasteiger partial charge in [-0.3, -0.25) is 0 Å². The van der Waals surface area contributed by atoms with E-state index in [4.69, 9.17) is 18.9 Å². The molecule has 0 saturated heterocycles. The summed E-state index contributed by atoms with van der Waals surface area (Å²) in [6.07, 6.45) is 0. The van der Waals surface area contributed by atoms with Crippen LogP contribution in [0.15, 0.2) is 36.4 Å². The molecule has 0 fully saturated rings. The Morgan fingerprint density at radius 2 is 1.77 bits per heavy atom. The molecule has 0 aliphatic carbocycles. The number of urea groups is 1. The van der Waals surface area contributed by atoms with Gasteiger partial charge in [-0.25, -0.2) is 9.59 Å². The van der Waals surface area contributed by atoms with E-state index in [0.717, 1.165) is 10.1 Å². The summed E-state index contributed by atoms with van der Waals surface area (Å²) in [5.41, 5.74) is 1.14. The van der Waals surface area contributed by atoms with E-state index in [0.29, 0.717) is 40.1 Å². The molecule has 0 bridgehead atoms. The Hall–Kier alpha value is -3.46. The van der Waals surface area contributed by atoms with E-state index in [1.165, 1.54) is 18.4 Å². The van der Waals surface area contributed by atoms with Crippen LogP contribution in [0.1, 0.15) is 23.5 Å². The fraction of sp³-hybridized carbons (Fsp3) is 0.273. The van der Waals surface area contributed by atoms with Gasteiger partial charge in [-0.15, -0.1) is 11.3 Å². The first-order chi connectivity index (χ1) is 14.9. The van der Waals surface area contributed by atoms with Gasteiger partial charge in [-0.05, 0) is 36.2 Å². The first kappa shape index (κ1) is 20.8. The smallest absolute Gasteiger partial charge is 0.351 e. The molecule has 2 amide bonds. The van der Waals surface area contributed by atoms with E-state index in [1.807, 2.05) is 19.9 Å². The summed E-state index contributed by atoms with van der Waals surface area (Å²) < 4.78 is 22.3. The average Bonchev–Trinajstić information content (AvgIpc) is 3.35. The molecule has 31 heavy (non-hydrogen) atoms. The van der Waals surface area contributed by atoms with Gasteiger partial charge in [-0.1, -0.05) is 13.8 Å². The van der Waals surface area contributed by atoms with Gasteiger partial charge in [0.15, 0.2) is 22.1 Å². The summed E-state index contributed by atoms with van der Waals surface area (Å²) in [6, 6.07) is 10.2. The molecule has 0 atom stereocenters. The number of fused-ring (bicyclic) bond motifs is 2. The number of ether oxygens (including phenoxy) is 4. The molecule has 1 aliphatic rings. The van der Waals surface area contributed by atoms with E-state index in [2.05, 4.69) is 10.6 Å². The van der Waals surface area contributed by atoms with E-state index >= 15 is 0 Å². The number of benzene rings is 2. The summed E-state index contributed by atoms with van der Waals surface area (Å²) in [5.74, 6) is 1.54. The fourth-order valence-corrected chi connectivity index (χ4v) is 4.09. The molecule has 0 spiro atoms. The number of esters is 1. The van der Waals surface area contributed by atoms with Gasteiger partial charge >= 0.3 is 12.0 Å². The Bertz CT molecular complexity index is 1140. The highest BCUT2D eigenvalue weighted by Crippen LogP contribution is 2.40. The van der Waals surface area contributed by atoms with Crippen molar-refractivity contribution < 1.29 is 28.5 Å². The van der Waals surface area contributed by atoms with Gasteiger partial charge < -0.3 is 29.6 Å². The number of methoxy groups -OCH3 is 1. The lowest BCUT2D eigenvalue weighted by molar-refractivity contribution is 0.0601. The summed E-state index contributed by atoms with van der Waals surface area (Å²) in [4.78, 5) is 25.1. The number of carbonyl (C=O) groups is 2. The molecule has 2 N–H and O–H groups in total. The van der Waals surface area contributed by atoms with Crippen LogP contribution in [0, 0.1) is 5.92 Å². The van der Waals surface area contributed by atoms with E-state index in [1.54, 1.807) is 30.3 Å². The molecule has 1 aromatic heterocycles. The number of anilines is 2. The zero-order valence-corrected chi connectivity index (χ0v) is 18.1. The van der Waals surface area contributed by atoms with Crippen LogP contribution in [0.5, 0.6) is 17.2 Å². The Morgan fingerprint density at radius 3 is 2.52 bits per heavy atom. The molecular formula is C22H22N2O6S. The van der Waals surface area contributed by atoms with Crippen molar-refractivity contribution in [2.24, 2.45) is 5.92 Å². The van der Waals surface area contributed by atoms with Crippen LogP contribution in [0.4, 0.5) is 16.2 Å². The van der Waals surface area contributed by atoms with Crippen molar-refractivity contribution in [2.75, 3.05) is 31.1 Å². The molecule has 0 unspecified atom stereocenters. The highest BCUT2D eigenvalue weighted by molar-refractivity contribution is 7.21. The molecule has 2 aromatic carbocycles. The highest BCUT2D eigenvalue weighted by Gasteiger charge is 2.21. The predicted molar refractivity (Wildman–Crippen MR) is 119 cm³/mol. The maximum atomic E-state index is 12.5. The number of nitrogens with one attached hydrogen (secondary N) is 2. The van der Waals surface area contributed by atoms with Crippen LogP contribution in [0.3, 0.4) is 0 Å². The zero-order chi connectivity index (χ0) is 22.0. The molecule has 2 heterocycles. The third-order valence-electron chi connectivity index (χ3n) is 4.46. The second kappa shape index (κ2) is 8.73. The zero-order valence-electron chi connectivity index (χ0n) is 17.3. The van der Waals surface area contributed by atoms with Crippen LogP contribution in [-0.4, -0.2) is 32.5 Å². The third-order valence-corrected chi connectivity index (χ3v) is 5.59. The second-order valence-electron chi connectivity index (χ2n) is 7.31. The van der Waals surface area contributed by atoms with Crippen LogP contribution >= 0.6 is 11.3 Å². The minimum Gasteiger partial charge on any atom is -0.491 e. The number of amides is 2. The van der Waals surface area contributed by atoms with Crippen LogP contribution in [0.2, 0.25) is 0 Å². The molecule has 9 heteroatoms. The molecule has 8 nitrogen and oxygen atoms in total. The molecule has 0 saturated carbocycles. The lowest BCUT2D eigenvalue weighted by Crippen LogP contribution is -2.19. The van der Waals surface area contributed by atoms with Crippen LogP contribution in [0.25, 0.3) is 10.1 Å². The highest BCUT2D eigenvalue weighted by atomic mass is 32.1. The van der Waals surface area contributed by atoms with E-state index in [-0.39, 0.29) is 12.7 Å². The lowest BCUT2D eigenvalue weighted by atomic mass is 10.2. The fourth-order valence-electron chi connectivity index (χ4n) is 3.04. The van der Waals surface area contributed by atoms with Gasteiger partial charge in [0, 0.05) is 27.5 Å². The van der Waals surface area contributed by atoms with E-state index < -0.39 is 12.0 Å². The maximum absolute atomic E-state index is 12.5. The maximum Gasteiger partial charge on any atom is 0.351 e. The number of thiophene rings is 1. The Morgan fingerprint density at radius 1 is 1.06 bits per heavy atom. The topological polar surface area (TPSA) is 95.1 Å². The second-order valence-corrected chi connectivity index (χ2v) is 8.37. The van der Waals surface area contributed by atoms with Crippen molar-refractivity contribution in [3.8, 4) is 17.2 Å². The predicted octanol–water partition coefficient (Wildman–Crippen LogP) is 5.10. The van der Waals surface area contributed by atoms with Gasteiger partial charge in [0.1, 0.15) is 0 Å². The molecule has 4 rings (SSSR count). The largest absolute Gasteiger partial charge is 0.491 e. The number of hydrogen-bond acceptors (Lipinski definition) is 7. The van der Waals surface area contributed by atoms with Gasteiger partial charge in [0.25, 0.3) is 0 Å². The van der Waals surface area contributed by atoms with Crippen molar-refractivity contribution >= 4 is 44.8 Å². The van der Waals surface area contributed by atoms with Crippen molar-refractivity contribution in [1.29, 1.82) is 0 Å². The van der Waals surface area contributed by atoms with Crippen molar-refractivity contribution in [1.82, 2.24) is 0 Å². The third kappa shape index (κ3) is 4.51. The summed E-state index contributed by atoms with van der Waals surface area (Å²) in [7, 11) is 1.34. The lowest BCUT2D eigenvalue weighted by Gasteiger charge is -2.11. The van der Waals surface area contributed by atoms with Crippen LogP contribution in [-0.2, 0) is 4.74 Å². The molecule has 1 aliphatic heterocycles. The van der Waals surface area contributed by atoms with Gasteiger partial charge in [0.2, 0.25) is 6.79 Å². The van der Waals surface area contributed by atoms with Crippen molar-refractivity contribution in [2.45, 2.75) is 13.8 Å². The number of carbonyl (C=O) groups excluding carboxylic acids is 2. The van der Waals surface area contributed by atoms with Gasteiger partial charge in [-0.2, -0.15) is 0 Å². The first-order valence-electron chi connectivity index (χ1n) is 9.70. The Labute approximate surface area is 183 Å². The number of rotatable bonds is 6. The van der Waals surface area contributed by atoms with Crippen LogP contribution < -0.4 is 24.8 Å². The minimum atomic E-state index is -0.449. The number of hydrogen-bond donors (Lipinski definition) is 2. The molecular weight excluding hydrogens is 420 g/mol. The standard InChI is InChI=1S/C22H22N2O6S/c1-12(2)10-28-19-15-8-13(5-7-18(15)31-20(19)21(25)27-3)23-22(26)24-14-4-6-16-17(9-14)30-11-29-16/h4-9,12H,10-11H2,1-3H3,(H2,23,24,26). The normalized spacial score (nSPS) is 12.1. The molecule has 0 radical (unpaired) electrons. The van der Waals surface area contributed by atoms with Crippen molar-refractivity contribution in [3.63, 3.8) is 0 Å².